The summed E-state index contributed by atoms with van der Waals surface area (Å²) in [7, 11) is 2.94. The molecule has 0 spiro atoms. The number of carbonyl (C=O) groups is 2. The molecule has 0 aliphatic carbocycles. The van der Waals surface area contributed by atoms with Gasteiger partial charge in [0, 0.05) is 33.2 Å². The van der Waals surface area contributed by atoms with Crippen LogP contribution >= 0.6 is 0 Å². The predicted molar refractivity (Wildman–Crippen MR) is 63.6 cm³/mol. The average Bonchev–Trinajstić information content (AvgIpc) is 2.37. The second kappa shape index (κ2) is 6.56. The highest BCUT2D eigenvalue weighted by atomic mass is 16.5. The number of methoxy groups -OCH3 is 1. The minimum absolute atomic E-state index is 0.00572. The monoisotopic (exact) mass is 243 g/mol. The van der Waals surface area contributed by atoms with Gasteiger partial charge in [0.05, 0.1) is 13.2 Å². The zero-order valence-corrected chi connectivity index (χ0v) is 10.7. The smallest absolute Gasteiger partial charge is 0.325 e. The molecular weight excluding hydrogens is 222 g/mol. The van der Waals surface area contributed by atoms with Crippen molar-refractivity contribution < 1.29 is 14.3 Å². The summed E-state index contributed by atoms with van der Waals surface area (Å²) < 4.78 is 4.54. The number of esters is 1. The van der Waals surface area contributed by atoms with E-state index in [2.05, 4.69) is 15.0 Å². The van der Waals surface area contributed by atoms with Gasteiger partial charge in [-0.2, -0.15) is 0 Å². The van der Waals surface area contributed by atoms with E-state index in [0.717, 1.165) is 26.2 Å². The molecule has 1 aliphatic rings. The zero-order chi connectivity index (χ0) is 12.8. The third-order valence-corrected chi connectivity index (χ3v) is 3.03. The number of carbonyl (C=O) groups excluding carboxylic acids is 2. The topological polar surface area (TPSA) is 61.9 Å². The molecule has 98 valence electrons. The molecule has 1 heterocycles. The van der Waals surface area contributed by atoms with Gasteiger partial charge >= 0.3 is 5.97 Å². The van der Waals surface area contributed by atoms with Crippen LogP contribution in [0.2, 0.25) is 0 Å². The van der Waals surface area contributed by atoms with Crippen LogP contribution in [0.3, 0.4) is 0 Å². The van der Waals surface area contributed by atoms with Gasteiger partial charge in [-0.15, -0.1) is 0 Å². The van der Waals surface area contributed by atoms with Gasteiger partial charge < -0.3 is 15.0 Å². The number of piperazine rings is 1. The number of hydrogen-bond acceptors (Lipinski definition) is 5. The number of likely N-dealkylation sites (N-methyl/N-ethyl adjacent to an activating group) is 1. The highest BCUT2D eigenvalue weighted by molar-refractivity contribution is 5.85. The lowest BCUT2D eigenvalue weighted by Crippen LogP contribution is -2.53. The lowest BCUT2D eigenvalue weighted by molar-refractivity contribution is -0.147. The zero-order valence-electron chi connectivity index (χ0n) is 10.7. The maximum Gasteiger partial charge on any atom is 0.325 e. The molecule has 6 heteroatoms. The summed E-state index contributed by atoms with van der Waals surface area (Å²) >= 11 is 0. The minimum Gasteiger partial charge on any atom is -0.468 e. The molecule has 1 fully saturated rings. The number of nitrogens with zero attached hydrogens (tertiary/aromatic N) is 2. The Morgan fingerprint density at radius 1 is 1.41 bits per heavy atom. The van der Waals surface area contributed by atoms with Gasteiger partial charge in [-0.25, -0.2) is 0 Å². The molecule has 0 saturated carbocycles. The number of nitrogens with one attached hydrogen (secondary N) is 1. The SMILES string of the molecule is COC(=O)CN(C)C(=O)C(C)N1CCNCC1. The highest BCUT2D eigenvalue weighted by Crippen LogP contribution is 2.04. The van der Waals surface area contributed by atoms with E-state index in [1.807, 2.05) is 6.92 Å². The number of ether oxygens (including phenoxy) is 1. The van der Waals surface area contributed by atoms with E-state index in [0.29, 0.717) is 0 Å². The molecule has 1 aliphatic heterocycles. The van der Waals surface area contributed by atoms with E-state index in [9.17, 15) is 9.59 Å². The Hall–Kier alpha value is -1.14. The first-order valence-corrected chi connectivity index (χ1v) is 5.83. The van der Waals surface area contributed by atoms with E-state index >= 15 is 0 Å². The second-order valence-corrected chi connectivity index (χ2v) is 4.23. The van der Waals surface area contributed by atoms with E-state index < -0.39 is 5.97 Å². The van der Waals surface area contributed by atoms with Crippen LogP contribution in [0, 0.1) is 0 Å². The summed E-state index contributed by atoms with van der Waals surface area (Å²) in [5.41, 5.74) is 0. The maximum atomic E-state index is 12.0. The number of amides is 1. The fraction of sp³-hybridized carbons (Fsp3) is 0.818. The van der Waals surface area contributed by atoms with Crippen LogP contribution in [-0.4, -0.2) is 74.6 Å². The Kier molecular flexibility index (Phi) is 5.37. The van der Waals surface area contributed by atoms with E-state index in [1.165, 1.54) is 12.0 Å². The molecule has 1 amide bonds. The van der Waals surface area contributed by atoms with Crippen LogP contribution in [0.4, 0.5) is 0 Å². The average molecular weight is 243 g/mol. The Morgan fingerprint density at radius 3 is 2.53 bits per heavy atom. The maximum absolute atomic E-state index is 12.0. The van der Waals surface area contributed by atoms with Crippen LogP contribution in [0.1, 0.15) is 6.92 Å². The van der Waals surface area contributed by atoms with E-state index in [4.69, 9.17) is 0 Å². The molecule has 1 saturated heterocycles. The van der Waals surface area contributed by atoms with Crippen LogP contribution in [-0.2, 0) is 14.3 Å². The highest BCUT2D eigenvalue weighted by Gasteiger charge is 2.26. The van der Waals surface area contributed by atoms with Gasteiger partial charge in [0.25, 0.3) is 0 Å². The fourth-order valence-electron chi connectivity index (χ4n) is 1.88. The Morgan fingerprint density at radius 2 is 2.00 bits per heavy atom. The molecule has 1 rings (SSSR count). The summed E-state index contributed by atoms with van der Waals surface area (Å²) in [5, 5.41) is 3.24. The number of hydrogen-bond donors (Lipinski definition) is 1. The van der Waals surface area contributed by atoms with Crippen LogP contribution in [0.15, 0.2) is 0 Å². The molecule has 17 heavy (non-hydrogen) atoms. The largest absolute Gasteiger partial charge is 0.468 e. The standard InChI is InChI=1S/C11H21N3O3/c1-9(14-6-4-12-5-7-14)11(16)13(2)8-10(15)17-3/h9,12H,4-8H2,1-3H3. The Balaban J connectivity index is 2.46. The molecule has 6 nitrogen and oxygen atoms in total. The van der Waals surface area contributed by atoms with E-state index in [-0.39, 0.29) is 18.5 Å². The third-order valence-electron chi connectivity index (χ3n) is 3.03. The first-order valence-electron chi connectivity index (χ1n) is 5.83. The van der Waals surface area contributed by atoms with Crippen LogP contribution in [0.5, 0.6) is 0 Å². The van der Waals surface area contributed by atoms with Gasteiger partial charge in [-0.05, 0) is 6.92 Å². The van der Waals surface area contributed by atoms with Crippen molar-refractivity contribution in [1.82, 2.24) is 15.1 Å². The minimum atomic E-state index is -0.395. The molecule has 1 unspecified atom stereocenters. The van der Waals surface area contributed by atoms with E-state index in [1.54, 1.807) is 7.05 Å². The summed E-state index contributed by atoms with van der Waals surface area (Å²) in [5.74, 6) is -0.439. The molecule has 0 aromatic rings. The Labute approximate surface area is 102 Å². The Bertz CT molecular complexity index is 277. The molecule has 1 N–H and O–H groups in total. The first kappa shape index (κ1) is 13.9. The number of rotatable bonds is 4. The van der Waals surface area contributed by atoms with Gasteiger partial charge in [0.2, 0.25) is 5.91 Å². The van der Waals surface area contributed by atoms with Crippen LogP contribution in [0.25, 0.3) is 0 Å². The van der Waals surface area contributed by atoms with Crippen LogP contribution < -0.4 is 5.32 Å². The molecular formula is C11H21N3O3. The molecule has 0 radical (unpaired) electrons. The fourth-order valence-corrected chi connectivity index (χ4v) is 1.88. The molecule has 0 aromatic heterocycles. The quantitative estimate of drug-likeness (QED) is 0.636. The van der Waals surface area contributed by atoms with Gasteiger partial charge in [-0.3, -0.25) is 14.5 Å². The van der Waals surface area contributed by atoms with Gasteiger partial charge in [-0.1, -0.05) is 0 Å². The summed E-state index contributed by atoms with van der Waals surface area (Å²) in [4.78, 5) is 26.7. The van der Waals surface area contributed by atoms with Gasteiger partial charge in [0.1, 0.15) is 6.54 Å². The van der Waals surface area contributed by atoms with Crippen molar-refractivity contribution in [3.63, 3.8) is 0 Å². The summed E-state index contributed by atoms with van der Waals surface area (Å²) in [6.45, 7) is 5.40. The van der Waals surface area contributed by atoms with Crippen molar-refractivity contribution in [2.24, 2.45) is 0 Å². The molecule has 0 aromatic carbocycles. The first-order chi connectivity index (χ1) is 8.06. The third kappa shape index (κ3) is 3.98. The van der Waals surface area contributed by atoms with Crippen molar-refractivity contribution in [3.8, 4) is 0 Å². The predicted octanol–water partition coefficient (Wildman–Crippen LogP) is -1.09. The lowest BCUT2D eigenvalue weighted by Gasteiger charge is -2.33. The van der Waals surface area contributed by atoms with Crippen molar-refractivity contribution in [2.75, 3.05) is 46.9 Å². The second-order valence-electron chi connectivity index (χ2n) is 4.23. The van der Waals surface area contributed by atoms with Crippen molar-refractivity contribution in [3.05, 3.63) is 0 Å². The van der Waals surface area contributed by atoms with Crippen molar-refractivity contribution >= 4 is 11.9 Å². The summed E-state index contributed by atoms with van der Waals surface area (Å²) in [6, 6.07) is -0.188. The molecule has 1 atom stereocenters. The lowest BCUT2D eigenvalue weighted by atomic mass is 10.2. The normalized spacial score (nSPS) is 18.5. The van der Waals surface area contributed by atoms with Crippen molar-refractivity contribution in [1.29, 1.82) is 0 Å². The van der Waals surface area contributed by atoms with Gasteiger partial charge in [0.15, 0.2) is 0 Å². The molecule has 0 bridgehead atoms. The summed E-state index contributed by atoms with van der Waals surface area (Å²) in [6.07, 6.45) is 0. The van der Waals surface area contributed by atoms with Crippen molar-refractivity contribution in [2.45, 2.75) is 13.0 Å².